The van der Waals surface area contributed by atoms with Gasteiger partial charge in [-0.3, -0.25) is 4.79 Å². The Kier molecular flexibility index (Phi) is 6.48. The summed E-state index contributed by atoms with van der Waals surface area (Å²) < 4.78 is 25.3. The van der Waals surface area contributed by atoms with E-state index in [-0.39, 0.29) is 11.5 Å². The van der Waals surface area contributed by atoms with Gasteiger partial charge < -0.3 is 10.2 Å². The first-order valence-electron chi connectivity index (χ1n) is 7.84. The minimum atomic E-state index is -3.56. The number of hydrogen-bond donors (Lipinski definition) is 1. The number of oxime groups is 1. The first kappa shape index (κ1) is 19.6. The Bertz CT molecular complexity index is 908. The third-order valence-corrected chi connectivity index (χ3v) is 5.36. The highest BCUT2D eigenvalue weighted by molar-refractivity contribution is 7.89. The molecule has 1 N–H and O–H groups in total. The molecule has 2 rings (SSSR count). The lowest BCUT2D eigenvalue weighted by Crippen LogP contribution is -2.22. The van der Waals surface area contributed by atoms with Crippen LogP contribution in [0.2, 0.25) is 0 Å². The number of carbonyl (C=O) groups is 1. The van der Waals surface area contributed by atoms with E-state index >= 15 is 0 Å². The third kappa shape index (κ3) is 5.14. The van der Waals surface area contributed by atoms with Gasteiger partial charge in [0.25, 0.3) is 5.91 Å². The maximum atomic E-state index is 12.1. The summed E-state index contributed by atoms with van der Waals surface area (Å²) in [4.78, 5) is 17.0. The van der Waals surface area contributed by atoms with Crippen molar-refractivity contribution < 1.29 is 18.0 Å². The SMILES string of the molecule is Cc1ccccc1/C=N\OCC(=O)Nc1cccc(S(=O)(=O)N(C)C)c1. The Morgan fingerprint density at radius 3 is 2.62 bits per heavy atom. The van der Waals surface area contributed by atoms with Crippen molar-refractivity contribution in [3.05, 3.63) is 59.7 Å². The van der Waals surface area contributed by atoms with E-state index in [2.05, 4.69) is 10.5 Å². The number of nitrogens with one attached hydrogen (secondary N) is 1. The van der Waals surface area contributed by atoms with Crippen LogP contribution in [-0.2, 0) is 19.7 Å². The minimum Gasteiger partial charge on any atom is -0.386 e. The average Bonchev–Trinajstić information content (AvgIpc) is 2.60. The summed E-state index contributed by atoms with van der Waals surface area (Å²) >= 11 is 0. The van der Waals surface area contributed by atoms with Crippen molar-refractivity contribution in [2.75, 3.05) is 26.0 Å². The summed E-state index contributed by atoms with van der Waals surface area (Å²) in [6.07, 6.45) is 1.53. The smallest absolute Gasteiger partial charge is 0.265 e. The van der Waals surface area contributed by atoms with Crippen molar-refractivity contribution in [3.63, 3.8) is 0 Å². The summed E-state index contributed by atoms with van der Waals surface area (Å²) in [5.41, 5.74) is 2.31. The standard InChI is InChI=1S/C18H21N3O4S/c1-14-7-4-5-8-15(14)12-19-25-13-18(22)20-16-9-6-10-17(11-16)26(23,24)21(2)3/h4-12H,13H2,1-3H3,(H,20,22)/b19-12-. The molecule has 0 aliphatic rings. The Labute approximate surface area is 153 Å². The highest BCUT2D eigenvalue weighted by Crippen LogP contribution is 2.17. The second kappa shape index (κ2) is 8.59. The Balaban J connectivity index is 1.93. The predicted molar refractivity (Wildman–Crippen MR) is 101 cm³/mol. The molecule has 0 aliphatic carbocycles. The van der Waals surface area contributed by atoms with Crippen molar-refractivity contribution >= 4 is 27.8 Å². The van der Waals surface area contributed by atoms with Crippen LogP contribution in [0.5, 0.6) is 0 Å². The number of hydrogen-bond acceptors (Lipinski definition) is 5. The van der Waals surface area contributed by atoms with Crippen LogP contribution >= 0.6 is 0 Å². The molecule has 1 amide bonds. The van der Waals surface area contributed by atoms with Crippen molar-refractivity contribution in [2.24, 2.45) is 5.16 Å². The molecule has 0 aromatic heterocycles. The number of aryl methyl sites for hydroxylation is 1. The van der Waals surface area contributed by atoms with Crippen LogP contribution in [0.25, 0.3) is 0 Å². The zero-order valence-electron chi connectivity index (χ0n) is 14.8. The van der Waals surface area contributed by atoms with Crippen LogP contribution in [0.4, 0.5) is 5.69 Å². The predicted octanol–water partition coefficient (Wildman–Crippen LogP) is 2.23. The number of nitrogens with zero attached hydrogens (tertiary/aromatic N) is 2. The lowest BCUT2D eigenvalue weighted by Gasteiger charge is -2.12. The van der Waals surface area contributed by atoms with Crippen LogP contribution in [0.15, 0.2) is 58.6 Å². The molecule has 8 heteroatoms. The van der Waals surface area contributed by atoms with E-state index in [9.17, 15) is 13.2 Å². The fourth-order valence-corrected chi connectivity index (χ4v) is 3.01. The van der Waals surface area contributed by atoms with E-state index in [4.69, 9.17) is 4.84 Å². The summed E-state index contributed by atoms with van der Waals surface area (Å²) in [7, 11) is -0.673. The molecule has 0 aliphatic heterocycles. The number of benzene rings is 2. The Morgan fingerprint density at radius 1 is 1.19 bits per heavy atom. The lowest BCUT2D eigenvalue weighted by atomic mass is 10.1. The largest absolute Gasteiger partial charge is 0.386 e. The van der Waals surface area contributed by atoms with Crippen molar-refractivity contribution in [1.29, 1.82) is 0 Å². The maximum Gasteiger partial charge on any atom is 0.265 e. The number of rotatable bonds is 7. The fourth-order valence-electron chi connectivity index (χ4n) is 2.06. The average molecular weight is 375 g/mol. The van der Waals surface area contributed by atoms with E-state index in [0.29, 0.717) is 5.69 Å². The van der Waals surface area contributed by atoms with Gasteiger partial charge in [-0.2, -0.15) is 0 Å². The molecule has 0 unspecified atom stereocenters. The summed E-state index contributed by atoms with van der Waals surface area (Å²) in [6, 6.07) is 13.7. The van der Waals surface area contributed by atoms with Gasteiger partial charge in [0.1, 0.15) is 0 Å². The van der Waals surface area contributed by atoms with E-state index in [1.165, 1.54) is 32.4 Å². The molecule has 0 atom stereocenters. The van der Waals surface area contributed by atoms with Crippen LogP contribution in [0.3, 0.4) is 0 Å². The molecular weight excluding hydrogens is 354 g/mol. The monoisotopic (exact) mass is 375 g/mol. The van der Waals surface area contributed by atoms with Crippen LogP contribution in [0, 0.1) is 6.92 Å². The van der Waals surface area contributed by atoms with Crippen LogP contribution in [0.1, 0.15) is 11.1 Å². The summed E-state index contributed by atoms with van der Waals surface area (Å²) in [5, 5.41) is 6.36. The fraction of sp³-hybridized carbons (Fsp3) is 0.222. The van der Waals surface area contributed by atoms with Crippen molar-refractivity contribution in [3.8, 4) is 0 Å². The normalized spacial score (nSPS) is 11.7. The molecule has 0 fully saturated rings. The molecule has 0 saturated heterocycles. The molecule has 0 radical (unpaired) electrons. The van der Waals surface area contributed by atoms with E-state index < -0.39 is 15.9 Å². The lowest BCUT2D eigenvalue weighted by molar-refractivity contribution is -0.120. The van der Waals surface area contributed by atoms with Gasteiger partial charge in [0.2, 0.25) is 10.0 Å². The molecule has 2 aromatic carbocycles. The molecule has 0 bridgehead atoms. The summed E-state index contributed by atoms with van der Waals surface area (Å²) in [5.74, 6) is -0.439. The topological polar surface area (TPSA) is 88.1 Å². The van der Waals surface area contributed by atoms with Gasteiger partial charge in [0.15, 0.2) is 6.61 Å². The first-order chi connectivity index (χ1) is 12.3. The summed E-state index contributed by atoms with van der Waals surface area (Å²) in [6.45, 7) is 1.66. The first-order valence-corrected chi connectivity index (χ1v) is 9.28. The molecule has 7 nitrogen and oxygen atoms in total. The van der Waals surface area contributed by atoms with Crippen molar-refractivity contribution in [2.45, 2.75) is 11.8 Å². The maximum absolute atomic E-state index is 12.1. The highest BCUT2D eigenvalue weighted by atomic mass is 32.2. The molecule has 138 valence electrons. The van der Waals surface area contributed by atoms with Gasteiger partial charge in [-0.1, -0.05) is 35.5 Å². The quantitative estimate of drug-likeness (QED) is 0.594. The number of anilines is 1. The second-order valence-electron chi connectivity index (χ2n) is 5.73. The van der Waals surface area contributed by atoms with E-state index in [0.717, 1.165) is 15.4 Å². The van der Waals surface area contributed by atoms with Gasteiger partial charge >= 0.3 is 0 Å². The number of sulfonamides is 1. The molecular formula is C18H21N3O4S. The van der Waals surface area contributed by atoms with Gasteiger partial charge in [-0.05, 0) is 36.2 Å². The number of carbonyl (C=O) groups excluding carboxylic acids is 1. The zero-order chi connectivity index (χ0) is 19.2. The van der Waals surface area contributed by atoms with Crippen LogP contribution < -0.4 is 5.32 Å². The molecule has 0 spiro atoms. The van der Waals surface area contributed by atoms with Crippen molar-refractivity contribution in [1.82, 2.24) is 4.31 Å². The Morgan fingerprint density at radius 2 is 1.92 bits per heavy atom. The van der Waals surface area contributed by atoms with Gasteiger partial charge in [-0.15, -0.1) is 0 Å². The third-order valence-electron chi connectivity index (χ3n) is 3.55. The molecule has 2 aromatic rings. The molecule has 0 saturated carbocycles. The van der Waals surface area contributed by atoms with Crippen LogP contribution in [-0.4, -0.2) is 45.5 Å². The van der Waals surface area contributed by atoms with Gasteiger partial charge in [0.05, 0.1) is 11.1 Å². The van der Waals surface area contributed by atoms with Gasteiger partial charge in [-0.25, -0.2) is 12.7 Å². The number of amides is 1. The minimum absolute atomic E-state index is 0.0961. The highest BCUT2D eigenvalue weighted by Gasteiger charge is 2.17. The van der Waals surface area contributed by atoms with Gasteiger partial charge in [0, 0.05) is 19.8 Å². The second-order valence-corrected chi connectivity index (χ2v) is 7.88. The molecule has 0 heterocycles. The zero-order valence-corrected chi connectivity index (χ0v) is 15.7. The molecule has 26 heavy (non-hydrogen) atoms. The van der Waals surface area contributed by atoms with E-state index in [1.54, 1.807) is 12.1 Å². The Hall–Kier alpha value is -2.71. The van der Waals surface area contributed by atoms with E-state index in [1.807, 2.05) is 31.2 Å².